The molecule has 0 amide bonds. The number of rotatable bonds is 5. The summed E-state index contributed by atoms with van der Waals surface area (Å²) in [5.41, 5.74) is 0. The molecule has 0 rings (SSSR count). The van der Waals surface area contributed by atoms with E-state index < -0.39 is 30.4 Å². The van der Waals surface area contributed by atoms with Crippen molar-refractivity contribution in [3.8, 4) is 0 Å². The van der Waals surface area contributed by atoms with Crippen LogP contribution in [-0.4, -0.2) is 25.2 Å². The van der Waals surface area contributed by atoms with E-state index in [1.807, 2.05) is 0 Å². The molecule has 0 aromatic carbocycles. The van der Waals surface area contributed by atoms with Crippen LogP contribution in [0.1, 0.15) is 13.3 Å². The van der Waals surface area contributed by atoms with E-state index in [0.29, 0.717) is 0 Å². The van der Waals surface area contributed by atoms with Gasteiger partial charge >= 0.3 is 17.1 Å². The van der Waals surface area contributed by atoms with E-state index in [1.54, 1.807) is 0 Å². The molecule has 2 unspecified atom stereocenters. The third-order valence-corrected chi connectivity index (χ3v) is 1.63. The van der Waals surface area contributed by atoms with Crippen LogP contribution in [0.5, 0.6) is 0 Å². The molecule has 0 aromatic heterocycles. The minimum Gasteiger partial charge on any atom is -0.550 e. The molecule has 0 saturated carbocycles. The molecule has 0 aromatic rings. The molecule has 0 aliphatic rings. The first-order valence-corrected chi connectivity index (χ1v) is 3.42. The number of hydrogen-bond donors (Lipinski definition) is 0. The third kappa shape index (κ3) is 5.63. The second-order valence-electron chi connectivity index (χ2n) is 2.44. The number of aliphatic carboxylic acids is 2. The standard InChI is InChI=1S/C7H12O5.Fe/c1-4(12-2)5(7(10)11)3-6(8)9;/h4-5H,3H2,1-2H3,(H,8,9)(H,10,11);/q;+2/p-2. The minimum absolute atomic E-state index is 0. The Hall–Kier alpha value is -0.581. The molecule has 0 bridgehead atoms. The fourth-order valence-electron chi connectivity index (χ4n) is 0.785. The summed E-state index contributed by atoms with van der Waals surface area (Å²) in [7, 11) is 1.30. The molecule has 0 radical (unpaired) electrons. The Kier molecular flexibility index (Phi) is 7.90. The van der Waals surface area contributed by atoms with Gasteiger partial charge in [0.2, 0.25) is 0 Å². The molecule has 0 saturated heterocycles. The molecule has 0 aliphatic heterocycles. The summed E-state index contributed by atoms with van der Waals surface area (Å²) in [5, 5.41) is 20.4. The van der Waals surface area contributed by atoms with Crippen molar-refractivity contribution in [3.63, 3.8) is 0 Å². The normalized spacial score (nSPS) is 14.0. The van der Waals surface area contributed by atoms with Crippen LogP contribution in [0, 0.1) is 5.92 Å². The van der Waals surface area contributed by atoms with Gasteiger partial charge in [-0.1, -0.05) is 0 Å². The predicted octanol–water partition coefficient (Wildman–Crippen LogP) is -2.48. The summed E-state index contributed by atoms with van der Waals surface area (Å²) in [6, 6.07) is 0. The van der Waals surface area contributed by atoms with Gasteiger partial charge in [0.05, 0.1) is 6.10 Å². The summed E-state index contributed by atoms with van der Waals surface area (Å²) in [6.07, 6.45) is -1.27. The van der Waals surface area contributed by atoms with Crippen LogP contribution in [0.4, 0.5) is 0 Å². The number of ether oxygens (including phenoxy) is 1. The Balaban J connectivity index is 0. The van der Waals surface area contributed by atoms with Crippen molar-refractivity contribution in [3.05, 3.63) is 0 Å². The second-order valence-corrected chi connectivity index (χ2v) is 2.44. The van der Waals surface area contributed by atoms with Crippen molar-refractivity contribution >= 4 is 11.9 Å². The zero-order valence-electron chi connectivity index (χ0n) is 7.26. The van der Waals surface area contributed by atoms with E-state index in [4.69, 9.17) is 0 Å². The summed E-state index contributed by atoms with van der Waals surface area (Å²) < 4.78 is 4.66. The molecular weight excluding hydrogens is 220 g/mol. The van der Waals surface area contributed by atoms with Gasteiger partial charge in [-0.15, -0.1) is 0 Å². The van der Waals surface area contributed by atoms with Gasteiger partial charge < -0.3 is 24.5 Å². The first-order chi connectivity index (χ1) is 5.49. The molecule has 0 heterocycles. The zero-order chi connectivity index (χ0) is 9.72. The molecule has 0 fully saturated rings. The van der Waals surface area contributed by atoms with Crippen molar-refractivity contribution in [2.75, 3.05) is 7.11 Å². The number of methoxy groups -OCH3 is 1. The van der Waals surface area contributed by atoms with Crippen molar-refractivity contribution in [2.24, 2.45) is 5.92 Å². The van der Waals surface area contributed by atoms with Gasteiger partial charge in [-0.05, 0) is 13.3 Å². The average molecular weight is 230 g/mol. The molecule has 0 N–H and O–H groups in total. The first-order valence-electron chi connectivity index (χ1n) is 3.42. The second kappa shape index (κ2) is 6.88. The maximum Gasteiger partial charge on any atom is 2.00 e. The maximum absolute atomic E-state index is 10.4. The fourth-order valence-corrected chi connectivity index (χ4v) is 0.785. The monoisotopic (exact) mass is 230 g/mol. The molecule has 2 atom stereocenters. The van der Waals surface area contributed by atoms with E-state index in [0.717, 1.165) is 0 Å². The van der Waals surface area contributed by atoms with Crippen LogP contribution < -0.4 is 10.2 Å². The fraction of sp³-hybridized carbons (Fsp3) is 0.714. The summed E-state index contributed by atoms with van der Waals surface area (Å²) in [4.78, 5) is 20.4. The average Bonchev–Trinajstić information content (AvgIpc) is 1.98. The molecule has 76 valence electrons. The Morgan fingerprint density at radius 1 is 1.38 bits per heavy atom. The van der Waals surface area contributed by atoms with E-state index in [9.17, 15) is 19.8 Å². The minimum atomic E-state index is -1.44. The topological polar surface area (TPSA) is 89.5 Å². The molecule has 5 nitrogen and oxygen atoms in total. The van der Waals surface area contributed by atoms with Crippen LogP contribution >= 0.6 is 0 Å². The molecule has 6 heteroatoms. The van der Waals surface area contributed by atoms with E-state index in [1.165, 1.54) is 14.0 Å². The SMILES string of the molecule is COC(C)C(CC(=O)[O-])C(=O)[O-].[Fe+2]. The first kappa shape index (κ1) is 14.9. The van der Waals surface area contributed by atoms with E-state index in [2.05, 4.69) is 4.74 Å². The number of carboxylic acid groups (broad SMARTS) is 2. The smallest absolute Gasteiger partial charge is 0.550 e. The van der Waals surface area contributed by atoms with Crippen molar-refractivity contribution in [1.29, 1.82) is 0 Å². The maximum atomic E-state index is 10.4. The van der Waals surface area contributed by atoms with Gasteiger partial charge in [-0.2, -0.15) is 0 Å². The third-order valence-electron chi connectivity index (χ3n) is 1.63. The van der Waals surface area contributed by atoms with Gasteiger partial charge in [0.1, 0.15) is 0 Å². The van der Waals surface area contributed by atoms with Gasteiger partial charge in [-0.3, -0.25) is 0 Å². The van der Waals surface area contributed by atoms with Gasteiger partial charge in [0, 0.05) is 25.0 Å². The van der Waals surface area contributed by atoms with Crippen LogP contribution in [0.2, 0.25) is 0 Å². The summed E-state index contributed by atoms with van der Waals surface area (Å²) >= 11 is 0. The van der Waals surface area contributed by atoms with Crippen LogP contribution in [-0.2, 0) is 31.4 Å². The van der Waals surface area contributed by atoms with Crippen molar-refractivity contribution in [1.82, 2.24) is 0 Å². The zero-order valence-corrected chi connectivity index (χ0v) is 8.36. The number of carbonyl (C=O) groups is 2. The van der Waals surface area contributed by atoms with Crippen LogP contribution in [0.3, 0.4) is 0 Å². The van der Waals surface area contributed by atoms with Gasteiger partial charge in [-0.25, -0.2) is 0 Å². The Morgan fingerprint density at radius 2 is 1.85 bits per heavy atom. The van der Waals surface area contributed by atoms with Crippen LogP contribution in [0.25, 0.3) is 0 Å². The molecular formula is C7H10FeO5. The summed E-state index contributed by atoms with van der Waals surface area (Å²) in [5.74, 6) is -4.01. The van der Waals surface area contributed by atoms with Gasteiger partial charge in [0.25, 0.3) is 0 Å². The largest absolute Gasteiger partial charge is 2.00 e. The number of hydrogen-bond acceptors (Lipinski definition) is 5. The number of carbonyl (C=O) groups excluding carboxylic acids is 2. The van der Waals surface area contributed by atoms with Crippen LogP contribution in [0.15, 0.2) is 0 Å². The molecule has 0 spiro atoms. The van der Waals surface area contributed by atoms with E-state index in [-0.39, 0.29) is 17.1 Å². The molecule has 13 heavy (non-hydrogen) atoms. The predicted molar refractivity (Wildman–Crippen MR) is 34.6 cm³/mol. The van der Waals surface area contributed by atoms with Crippen molar-refractivity contribution in [2.45, 2.75) is 19.4 Å². The van der Waals surface area contributed by atoms with Gasteiger partial charge in [0.15, 0.2) is 0 Å². The van der Waals surface area contributed by atoms with E-state index >= 15 is 0 Å². The van der Waals surface area contributed by atoms with Crippen molar-refractivity contribution < 1.29 is 41.6 Å². The Bertz CT molecular complexity index is 182. The number of carboxylic acids is 2. The summed E-state index contributed by atoms with van der Waals surface area (Å²) in [6.45, 7) is 1.46. The Morgan fingerprint density at radius 3 is 2.08 bits per heavy atom. The molecule has 0 aliphatic carbocycles. The Labute approximate surface area is 86.5 Å². The quantitative estimate of drug-likeness (QED) is 0.488.